The van der Waals surface area contributed by atoms with E-state index in [2.05, 4.69) is 10.5 Å². The van der Waals surface area contributed by atoms with Gasteiger partial charge in [0.05, 0.1) is 5.60 Å². The second-order valence-electron chi connectivity index (χ2n) is 7.17. The van der Waals surface area contributed by atoms with Gasteiger partial charge in [-0.05, 0) is 62.3 Å². The van der Waals surface area contributed by atoms with Gasteiger partial charge in [-0.2, -0.15) is 5.10 Å². The number of benzene rings is 1. The summed E-state index contributed by atoms with van der Waals surface area (Å²) >= 11 is 0. The van der Waals surface area contributed by atoms with Crippen LogP contribution in [0.5, 0.6) is 0 Å². The Morgan fingerprint density at radius 3 is 2.41 bits per heavy atom. The van der Waals surface area contributed by atoms with Crippen LogP contribution in [-0.2, 0) is 0 Å². The number of nitrogen functional groups attached to an aromatic ring is 1. The van der Waals surface area contributed by atoms with Crippen molar-refractivity contribution in [3.8, 4) is 0 Å². The molecule has 22 heavy (non-hydrogen) atoms. The number of aliphatic hydroxyl groups is 1. The Bertz CT molecular complexity index is 620. The van der Waals surface area contributed by atoms with Crippen LogP contribution in [0.3, 0.4) is 0 Å². The molecule has 0 radical (unpaired) electrons. The summed E-state index contributed by atoms with van der Waals surface area (Å²) < 4.78 is 0. The second kappa shape index (κ2) is 4.81. The molecule has 5 heteroatoms. The third kappa shape index (κ3) is 2.29. The van der Waals surface area contributed by atoms with Crippen LogP contribution in [0.2, 0.25) is 0 Å². The lowest BCUT2D eigenvalue weighted by Crippen LogP contribution is -2.55. The average molecular weight is 299 g/mol. The van der Waals surface area contributed by atoms with Crippen molar-refractivity contribution in [3.63, 3.8) is 0 Å². The van der Waals surface area contributed by atoms with Crippen molar-refractivity contribution >= 4 is 17.3 Å². The first kappa shape index (κ1) is 13.8. The van der Waals surface area contributed by atoms with E-state index < -0.39 is 5.60 Å². The van der Waals surface area contributed by atoms with Crippen LogP contribution in [0.25, 0.3) is 0 Å². The molecule has 1 aromatic rings. The number of hydrogen-bond acceptors (Lipinski definition) is 4. The SMILES string of the molecule is Nc1ccc(C(=O)NN=C2[C@H]3CC4C[C@H]2CC(O)(C4)C3)cc1. The van der Waals surface area contributed by atoms with Gasteiger partial charge in [0.25, 0.3) is 5.91 Å². The first-order valence-electron chi connectivity index (χ1n) is 7.98. The van der Waals surface area contributed by atoms with Crippen LogP contribution in [0.1, 0.15) is 42.5 Å². The number of amides is 1. The number of nitrogens with one attached hydrogen (secondary N) is 1. The van der Waals surface area contributed by atoms with E-state index in [1.807, 2.05) is 0 Å². The summed E-state index contributed by atoms with van der Waals surface area (Å²) in [5.41, 5.74) is 10.1. The highest BCUT2D eigenvalue weighted by Crippen LogP contribution is 2.54. The topological polar surface area (TPSA) is 87.7 Å². The number of rotatable bonds is 2. The van der Waals surface area contributed by atoms with Gasteiger partial charge in [0.2, 0.25) is 0 Å². The van der Waals surface area contributed by atoms with E-state index >= 15 is 0 Å². The smallest absolute Gasteiger partial charge is 0.271 e. The van der Waals surface area contributed by atoms with Crippen molar-refractivity contribution in [2.75, 3.05) is 5.73 Å². The summed E-state index contributed by atoms with van der Waals surface area (Å²) in [4.78, 5) is 12.1. The molecule has 5 nitrogen and oxygen atoms in total. The van der Waals surface area contributed by atoms with Crippen molar-refractivity contribution in [3.05, 3.63) is 29.8 Å². The van der Waals surface area contributed by atoms with Crippen LogP contribution in [0, 0.1) is 17.8 Å². The first-order chi connectivity index (χ1) is 10.5. The highest BCUT2D eigenvalue weighted by atomic mass is 16.3. The molecule has 4 N–H and O–H groups in total. The fourth-order valence-electron chi connectivity index (χ4n) is 4.72. The van der Waals surface area contributed by atoms with Crippen LogP contribution in [-0.4, -0.2) is 22.3 Å². The minimum Gasteiger partial charge on any atom is -0.399 e. The van der Waals surface area contributed by atoms with Gasteiger partial charge in [0.15, 0.2) is 0 Å². The number of hydrogen-bond donors (Lipinski definition) is 3. The summed E-state index contributed by atoms with van der Waals surface area (Å²) in [7, 11) is 0. The van der Waals surface area contributed by atoms with Crippen molar-refractivity contribution < 1.29 is 9.90 Å². The summed E-state index contributed by atoms with van der Waals surface area (Å²) in [6.07, 6.45) is 4.77. The lowest BCUT2D eigenvalue weighted by Gasteiger charge is -2.54. The molecule has 0 saturated heterocycles. The Morgan fingerprint density at radius 1 is 1.18 bits per heavy atom. The van der Waals surface area contributed by atoms with Gasteiger partial charge < -0.3 is 10.8 Å². The standard InChI is InChI=1S/C17H21N3O2/c18-14-3-1-11(2-4-14)16(21)20-19-15-12-5-10-6-13(15)9-17(22,7-10)8-12/h1-4,10,12-13,22H,5-9,18H2,(H,20,21)/t10?,12-,13-,17?/m0/s1. The van der Waals surface area contributed by atoms with Crippen molar-refractivity contribution in [2.24, 2.45) is 22.9 Å². The summed E-state index contributed by atoms with van der Waals surface area (Å²) in [5, 5.41) is 15.0. The number of anilines is 1. The monoisotopic (exact) mass is 299 g/mol. The molecule has 0 aromatic heterocycles. The number of carbonyl (C=O) groups is 1. The van der Waals surface area contributed by atoms with E-state index in [-0.39, 0.29) is 5.91 Å². The molecule has 4 bridgehead atoms. The molecule has 0 unspecified atom stereocenters. The van der Waals surface area contributed by atoms with Crippen LogP contribution in [0.4, 0.5) is 5.69 Å². The Hall–Kier alpha value is -1.88. The van der Waals surface area contributed by atoms with Crippen LogP contribution >= 0.6 is 0 Å². The quantitative estimate of drug-likeness (QED) is 0.576. The molecule has 4 aliphatic rings. The highest BCUT2D eigenvalue weighted by molar-refractivity contribution is 5.97. The van der Waals surface area contributed by atoms with Gasteiger partial charge in [-0.3, -0.25) is 4.79 Å². The van der Waals surface area contributed by atoms with Crippen LogP contribution in [0.15, 0.2) is 29.4 Å². The minimum atomic E-state index is -0.476. The fraction of sp³-hybridized carbons (Fsp3) is 0.529. The number of carbonyl (C=O) groups excluding carboxylic acids is 1. The number of nitrogens with zero attached hydrogens (tertiary/aromatic N) is 1. The molecule has 0 aliphatic heterocycles. The molecular weight excluding hydrogens is 278 g/mol. The number of hydrazone groups is 1. The van der Waals surface area contributed by atoms with Crippen molar-refractivity contribution in [1.29, 1.82) is 0 Å². The summed E-state index contributed by atoms with van der Waals surface area (Å²) in [6.45, 7) is 0. The van der Waals surface area contributed by atoms with E-state index in [1.54, 1.807) is 24.3 Å². The zero-order valence-corrected chi connectivity index (χ0v) is 12.5. The van der Waals surface area contributed by atoms with E-state index in [0.29, 0.717) is 29.0 Å². The fourth-order valence-corrected chi connectivity index (χ4v) is 4.72. The molecule has 4 aliphatic carbocycles. The Kier molecular flexibility index (Phi) is 3.01. The molecule has 1 aromatic carbocycles. The van der Waals surface area contributed by atoms with E-state index in [9.17, 15) is 9.90 Å². The maximum absolute atomic E-state index is 12.1. The zero-order valence-electron chi connectivity index (χ0n) is 12.5. The van der Waals surface area contributed by atoms with E-state index in [0.717, 1.165) is 37.8 Å². The summed E-state index contributed by atoms with van der Waals surface area (Å²) in [5.74, 6) is 1.10. The predicted molar refractivity (Wildman–Crippen MR) is 84.3 cm³/mol. The van der Waals surface area contributed by atoms with Gasteiger partial charge in [-0.25, -0.2) is 5.43 Å². The molecule has 5 rings (SSSR count). The largest absolute Gasteiger partial charge is 0.399 e. The zero-order chi connectivity index (χ0) is 15.3. The molecule has 4 saturated carbocycles. The minimum absolute atomic E-state index is 0.208. The highest BCUT2D eigenvalue weighted by Gasteiger charge is 2.53. The third-order valence-electron chi connectivity index (χ3n) is 5.45. The van der Waals surface area contributed by atoms with Crippen LogP contribution < -0.4 is 11.2 Å². The molecule has 0 spiro atoms. The van der Waals surface area contributed by atoms with Gasteiger partial charge >= 0.3 is 0 Å². The number of nitrogens with two attached hydrogens (primary N) is 1. The Balaban J connectivity index is 1.49. The maximum atomic E-state index is 12.1. The Morgan fingerprint density at radius 2 is 1.82 bits per heavy atom. The summed E-state index contributed by atoms with van der Waals surface area (Å²) in [6, 6.07) is 6.82. The first-order valence-corrected chi connectivity index (χ1v) is 7.98. The van der Waals surface area contributed by atoms with Crippen molar-refractivity contribution in [1.82, 2.24) is 5.43 Å². The predicted octanol–water partition coefficient (Wildman–Crippen LogP) is 1.93. The average Bonchev–Trinajstić information content (AvgIpc) is 2.45. The maximum Gasteiger partial charge on any atom is 0.271 e. The third-order valence-corrected chi connectivity index (χ3v) is 5.45. The van der Waals surface area contributed by atoms with E-state index in [1.165, 1.54) is 0 Å². The molecule has 2 atom stereocenters. The second-order valence-corrected chi connectivity index (χ2v) is 7.17. The molecular formula is C17H21N3O2. The Labute approximate surface area is 129 Å². The molecule has 1 amide bonds. The lowest BCUT2D eigenvalue weighted by molar-refractivity contribution is -0.0825. The molecule has 116 valence electrons. The van der Waals surface area contributed by atoms with E-state index in [4.69, 9.17) is 5.73 Å². The van der Waals surface area contributed by atoms with Gasteiger partial charge in [-0.15, -0.1) is 0 Å². The normalized spacial score (nSPS) is 35.5. The molecule has 0 heterocycles. The lowest BCUT2D eigenvalue weighted by atomic mass is 9.53. The van der Waals surface area contributed by atoms with Gasteiger partial charge in [-0.1, -0.05) is 0 Å². The van der Waals surface area contributed by atoms with Gasteiger partial charge in [0.1, 0.15) is 0 Å². The molecule has 4 fully saturated rings. The van der Waals surface area contributed by atoms with Crippen molar-refractivity contribution in [2.45, 2.75) is 37.7 Å². The van der Waals surface area contributed by atoms with Gasteiger partial charge in [0, 0.05) is 28.8 Å².